The second-order valence-electron chi connectivity index (χ2n) is 3.06. The number of rotatable bonds is 1. The predicted octanol–water partition coefficient (Wildman–Crippen LogP) is 2.97. The van der Waals surface area contributed by atoms with Crippen LogP contribution in [0.15, 0.2) is 22.8 Å². The molecule has 1 aromatic heterocycles. The summed E-state index contributed by atoms with van der Waals surface area (Å²) in [4.78, 5) is 19.0. The third-order valence-corrected chi connectivity index (χ3v) is 2.62. The first-order chi connectivity index (χ1) is 7.56. The molecule has 2 aromatic rings. The lowest BCUT2D eigenvalue weighted by atomic mass is 10.3. The van der Waals surface area contributed by atoms with E-state index in [0.717, 1.165) is 0 Å². The van der Waals surface area contributed by atoms with Crippen molar-refractivity contribution in [2.75, 3.05) is 0 Å². The minimum atomic E-state index is -0.393. The van der Waals surface area contributed by atoms with E-state index in [9.17, 15) is 4.79 Å². The third kappa shape index (κ3) is 2.31. The summed E-state index contributed by atoms with van der Waals surface area (Å²) in [5.41, 5.74) is 1.25. The molecule has 0 spiro atoms. The van der Waals surface area contributed by atoms with E-state index in [1.165, 1.54) is 13.1 Å². The van der Waals surface area contributed by atoms with E-state index < -0.39 is 5.97 Å². The lowest BCUT2D eigenvalue weighted by molar-refractivity contribution is -0.131. The van der Waals surface area contributed by atoms with Gasteiger partial charge in [-0.05, 0) is 22.0 Å². The molecule has 6 heteroatoms. The van der Waals surface area contributed by atoms with Crippen LogP contribution >= 0.6 is 27.5 Å². The van der Waals surface area contributed by atoms with Gasteiger partial charge in [0.2, 0.25) is 0 Å². The number of benzene rings is 1. The molecule has 0 unspecified atom stereocenters. The number of carbonyl (C=O) groups is 1. The molecule has 0 atom stereocenters. The van der Waals surface area contributed by atoms with E-state index in [0.29, 0.717) is 26.4 Å². The molecule has 0 N–H and O–H groups in total. The zero-order valence-corrected chi connectivity index (χ0v) is 10.5. The maximum absolute atomic E-state index is 10.9. The molecule has 0 aliphatic rings. The van der Waals surface area contributed by atoms with Gasteiger partial charge in [0.05, 0.1) is 21.7 Å². The maximum Gasteiger partial charge on any atom is 0.308 e. The Balaban J connectivity index is 2.59. The molecule has 1 heterocycles. The summed E-state index contributed by atoms with van der Waals surface area (Å²) in [6.07, 6.45) is 1.46. The zero-order chi connectivity index (χ0) is 11.7. The van der Waals surface area contributed by atoms with Crippen LogP contribution in [-0.4, -0.2) is 15.9 Å². The van der Waals surface area contributed by atoms with Gasteiger partial charge < -0.3 is 4.74 Å². The van der Waals surface area contributed by atoms with Crippen LogP contribution in [0.1, 0.15) is 6.92 Å². The normalized spacial score (nSPS) is 10.4. The fraction of sp³-hybridized carbons (Fsp3) is 0.100. The van der Waals surface area contributed by atoms with Gasteiger partial charge in [-0.25, -0.2) is 4.98 Å². The molecule has 0 bridgehead atoms. The van der Waals surface area contributed by atoms with E-state index in [1.807, 2.05) is 0 Å². The van der Waals surface area contributed by atoms with Crippen LogP contribution in [0, 0.1) is 0 Å². The van der Waals surface area contributed by atoms with Crippen LogP contribution in [0.5, 0.6) is 5.75 Å². The Morgan fingerprint density at radius 2 is 2.19 bits per heavy atom. The lowest BCUT2D eigenvalue weighted by Crippen LogP contribution is -2.02. The fourth-order valence-corrected chi connectivity index (χ4v) is 1.78. The van der Waals surface area contributed by atoms with Gasteiger partial charge in [-0.3, -0.25) is 9.78 Å². The van der Waals surface area contributed by atoms with E-state index in [-0.39, 0.29) is 0 Å². The highest BCUT2D eigenvalue weighted by Gasteiger charge is 2.08. The zero-order valence-electron chi connectivity index (χ0n) is 8.20. The Hall–Kier alpha value is -1.20. The van der Waals surface area contributed by atoms with Crippen molar-refractivity contribution < 1.29 is 9.53 Å². The Morgan fingerprint density at radius 1 is 1.44 bits per heavy atom. The van der Waals surface area contributed by atoms with Gasteiger partial charge in [-0.2, -0.15) is 0 Å². The first-order valence-corrected chi connectivity index (χ1v) is 5.53. The van der Waals surface area contributed by atoms with Gasteiger partial charge in [-0.1, -0.05) is 11.6 Å². The molecule has 0 saturated heterocycles. The summed E-state index contributed by atoms with van der Waals surface area (Å²) in [5, 5.41) is 0.295. The lowest BCUT2D eigenvalue weighted by Gasteiger charge is -2.05. The van der Waals surface area contributed by atoms with E-state index in [1.54, 1.807) is 12.1 Å². The molecule has 0 aliphatic heterocycles. The molecule has 1 aromatic carbocycles. The molecular weight excluding hydrogens is 295 g/mol. The van der Waals surface area contributed by atoms with Crippen molar-refractivity contribution in [2.24, 2.45) is 0 Å². The number of esters is 1. The summed E-state index contributed by atoms with van der Waals surface area (Å²) < 4.78 is 5.64. The highest BCUT2D eigenvalue weighted by Crippen LogP contribution is 2.29. The highest BCUT2D eigenvalue weighted by atomic mass is 79.9. The van der Waals surface area contributed by atoms with Crippen molar-refractivity contribution in [1.82, 2.24) is 9.97 Å². The third-order valence-electron chi connectivity index (χ3n) is 1.82. The molecule has 16 heavy (non-hydrogen) atoms. The summed E-state index contributed by atoms with van der Waals surface area (Å²) in [6.45, 7) is 1.33. The summed E-state index contributed by atoms with van der Waals surface area (Å²) in [6, 6.07) is 3.33. The Labute approximate surface area is 105 Å². The van der Waals surface area contributed by atoms with E-state index >= 15 is 0 Å². The second-order valence-corrected chi connectivity index (χ2v) is 4.30. The number of aromatic nitrogens is 2. The Bertz CT molecular complexity index is 574. The van der Waals surface area contributed by atoms with Crippen LogP contribution in [0.3, 0.4) is 0 Å². The molecule has 2 rings (SSSR count). The number of hydrogen-bond acceptors (Lipinski definition) is 4. The van der Waals surface area contributed by atoms with Crippen molar-refractivity contribution in [3.8, 4) is 5.75 Å². The van der Waals surface area contributed by atoms with Crippen LogP contribution in [-0.2, 0) is 4.79 Å². The van der Waals surface area contributed by atoms with Gasteiger partial charge in [0.1, 0.15) is 10.9 Å². The van der Waals surface area contributed by atoms with Crippen LogP contribution in [0.2, 0.25) is 5.15 Å². The molecular formula is C10H6BrClN2O2. The standard InChI is InChI=1S/C10H6BrClN2O2/c1-5(15)16-9-3-8-7(2-6(9)11)13-4-10(12)14-8/h2-4H,1H3. The number of nitrogens with zero attached hydrogens (tertiary/aromatic N) is 2. The molecule has 0 saturated carbocycles. The monoisotopic (exact) mass is 300 g/mol. The Kier molecular flexibility index (Phi) is 3.07. The average molecular weight is 302 g/mol. The van der Waals surface area contributed by atoms with Gasteiger partial charge in [0, 0.05) is 13.0 Å². The molecule has 0 amide bonds. The first kappa shape index (κ1) is 11.3. The van der Waals surface area contributed by atoms with E-state index in [4.69, 9.17) is 16.3 Å². The van der Waals surface area contributed by atoms with Gasteiger partial charge in [0.25, 0.3) is 0 Å². The van der Waals surface area contributed by atoms with Crippen molar-refractivity contribution in [3.63, 3.8) is 0 Å². The topological polar surface area (TPSA) is 52.1 Å². The van der Waals surface area contributed by atoms with Crippen LogP contribution < -0.4 is 4.74 Å². The first-order valence-electron chi connectivity index (χ1n) is 4.36. The highest BCUT2D eigenvalue weighted by molar-refractivity contribution is 9.10. The molecule has 82 valence electrons. The minimum absolute atomic E-state index is 0.295. The van der Waals surface area contributed by atoms with Crippen molar-refractivity contribution >= 4 is 44.5 Å². The quantitative estimate of drug-likeness (QED) is 0.600. The van der Waals surface area contributed by atoms with Crippen molar-refractivity contribution in [2.45, 2.75) is 6.92 Å². The summed E-state index contributed by atoms with van der Waals surface area (Å²) >= 11 is 9.01. The minimum Gasteiger partial charge on any atom is -0.425 e. The van der Waals surface area contributed by atoms with Gasteiger partial charge in [-0.15, -0.1) is 0 Å². The average Bonchev–Trinajstić information content (AvgIpc) is 2.19. The second kappa shape index (κ2) is 4.35. The van der Waals surface area contributed by atoms with Crippen LogP contribution in [0.4, 0.5) is 0 Å². The number of fused-ring (bicyclic) bond motifs is 1. The van der Waals surface area contributed by atoms with E-state index in [2.05, 4.69) is 25.9 Å². The van der Waals surface area contributed by atoms with Gasteiger partial charge >= 0.3 is 5.97 Å². The molecule has 0 aliphatic carbocycles. The molecule has 4 nitrogen and oxygen atoms in total. The number of halogens is 2. The SMILES string of the molecule is CC(=O)Oc1cc2nc(Cl)cnc2cc1Br. The summed E-state index contributed by atoms with van der Waals surface area (Å²) in [7, 11) is 0. The van der Waals surface area contributed by atoms with Gasteiger partial charge in [0.15, 0.2) is 0 Å². The largest absolute Gasteiger partial charge is 0.425 e. The number of hydrogen-bond donors (Lipinski definition) is 0. The molecule has 0 radical (unpaired) electrons. The summed E-state index contributed by atoms with van der Waals surface area (Å²) in [5.74, 6) is 0.00611. The van der Waals surface area contributed by atoms with Crippen LogP contribution in [0.25, 0.3) is 11.0 Å². The van der Waals surface area contributed by atoms with Crippen molar-refractivity contribution in [1.29, 1.82) is 0 Å². The number of ether oxygens (including phenoxy) is 1. The number of carbonyl (C=O) groups excluding carboxylic acids is 1. The smallest absolute Gasteiger partial charge is 0.308 e. The van der Waals surface area contributed by atoms with Crippen molar-refractivity contribution in [3.05, 3.63) is 28.0 Å². The Morgan fingerprint density at radius 3 is 2.88 bits per heavy atom. The fourth-order valence-electron chi connectivity index (χ4n) is 1.22. The maximum atomic E-state index is 10.9. The molecule has 0 fully saturated rings. The predicted molar refractivity (Wildman–Crippen MR) is 63.6 cm³/mol.